The summed E-state index contributed by atoms with van der Waals surface area (Å²) >= 11 is 0. The molecule has 3 amide bonds. The van der Waals surface area contributed by atoms with Crippen molar-refractivity contribution in [1.82, 2.24) is 15.1 Å². The number of nitrogens with zero attached hydrogens (tertiary/aromatic N) is 2. The van der Waals surface area contributed by atoms with Gasteiger partial charge < -0.3 is 15.1 Å². The van der Waals surface area contributed by atoms with E-state index >= 15 is 0 Å². The van der Waals surface area contributed by atoms with E-state index in [1.54, 1.807) is 4.90 Å². The van der Waals surface area contributed by atoms with Crippen LogP contribution in [-0.4, -0.2) is 60.2 Å². The molecule has 1 saturated heterocycles. The van der Waals surface area contributed by atoms with Gasteiger partial charge >= 0.3 is 0 Å². The van der Waals surface area contributed by atoms with Crippen LogP contribution in [0.5, 0.6) is 0 Å². The van der Waals surface area contributed by atoms with Gasteiger partial charge in [-0.15, -0.1) is 0 Å². The largest absolute Gasteiger partial charge is 0.355 e. The van der Waals surface area contributed by atoms with Crippen LogP contribution in [0.15, 0.2) is 30.3 Å². The Morgan fingerprint density at radius 3 is 2.20 bits per heavy atom. The first kappa shape index (κ1) is 19.0. The lowest BCUT2D eigenvalue weighted by Crippen LogP contribution is -2.51. The Morgan fingerprint density at radius 1 is 1.00 bits per heavy atom. The van der Waals surface area contributed by atoms with Gasteiger partial charge in [-0.3, -0.25) is 14.4 Å². The van der Waals surface area contributed by atoms with Gasteiger partial charge in [0.25, 0.3) is 0 Å². The molecule has 2 rings (SSSR count). The maximum atomic E-state index is 12.2. The lowest BCUT2D eigenvalue weighted by Gasteiger charge is -2.35. The SMILES string of the molecule is CC(C)C(=O)N1CCN(C(=O)CCNC(=O)Cc2ccccc2)CC1. The van der Waals surface area contributed by atoms with Crippen molar-refractivity contribution in [2.75, 3.05) is 32.7 Å². The van der Waals surface area contributed by atoms with Crippen LogP contribution in [0.3, 0.4) is 0 Å². The third kappa shape index (κ3) is 5.89. The van der Waals surface area contributed by atoms with Gasteiger partial charge in [0.1, 0.15) is 0 Å². The molecular formula is C19H27N3O3. The van der Waals surface area contributed by atoms with E-state index in [-0.39, 0.29) is 23.6 Å². The molecule has 1 aliphatic heterocycles. The summed E-state index contributed by atoms with van der Waals surface area (Å²) in [5.74, 6) is 0.0744. The summed E-state index contributed by atoms with van der Waals surface area (Å²) in [6, 6.07) is 9.52. The minimum atomic E-state index is -0.0775. The van der Waals surface area contributed by atoms with Gasteiger partial charge in [0.15, 0.2) is 0 Å². The molecule has 0 saturated carbocycles. The molecule has 0 aromatic heterocycles. The lowest BCUT2D eigenvalue weighted by atomic mass is 10.1. The zero-order chi connectivity index (χ0) is 18.2. The van der Waals surface area contributed by atoms with E-state index in [9.17, 15) is 14.4 Å². The Bertz CT molecular complexity index is 593. The van der Waals surface area contributed by atoms with Gasteiger partial charge in [-0.25, -0.2) is 0 Å². The molecule has 6 heteroatoms. The molecule has 0 unspecified atom stereocenters. The molecule has 0 bridgehead atoms. The normalized spacial score (nSPS) is 14.5. The first-order valence-electron chi connectivity index (χ1n) is 8.84. The summed E-state index contributed by atoms with van der Waals surface area (Å²) in [5.41, 5.74) is 0.956. The third-order valence-corrected chi connectivity index (χ3v) is 4.31. The number of carbonyl (C=O) groups is 3. The summed E-state index contributed by atoms with van der Waals surface area (Å²) in [6.07, 6.45) is 0.615. The van der Waals surface area contributed by atoms with Gasteiger partial charge in [0.2, 0.25) is 17.7 Å². The van der Waals surface area contributed by atoms with Crippen molar-refractivity contribution in [3.05, 3.63) is 35.9 Å². The number of hydrogen-bond donors (Lipinski definition) is 1. The summed E-state index contributed by atoms with van der Waals surface area (Å²) < 4.78 is 0. The Morgan fingerprint density at radius 2 is 1.60 bits per heavy atom. The highest BCUT2D eigenvalue weighted by Crippen LogP contribution is 2.08. The minimum Gasteiger partial charge on any atom is -0.355 e. The monoisotopic (exact) mass is 345 g/mol. The van der Waals surface area contributed by atoms with Crippen LogP contribution < -0.4 is 5.32 Å². The average Bonchev–Trinajstić information content (AvgIpc) is 2.62. The number of piperazine rings is 1. The van der Waals surface area contributed by atoms with Gasteiger partial charge in [-0.05, 0) is 5.56 Å². The highest BCUT2D eigenvalue weighted by Gasteiger charge is 2.25. The fraction of sp³-hybridized carbons (Fsp3) is 0.526. The second kappa shape index (κ2) is 9.20. The van der Waals surface area contributed by atoms with Crippen molar-refractivity contribution in [3.8, 4) is 0 Å². The zero-order valence-electron chi connectivity index (χ0n) is 15.0. The molecule has 6 nitrogen and oxygen atoms in total. The van der Waals surface area contributed by atoms with E-state index in [0.717, 1.165) is 5.56 Å². The first-order chi connectivity index (χ1) is 12.0. The summed E-state index contributed by atoms with van der Waals surface area (Å²) in [7, 11) is 0. The molecule has 136 valence electrons. The van der Waals surface area contributed by atoms with Crippen molar-refractivity contribution in [2.45, 2.75) is 26.7 Å². The highest BCUT2D eigenvalue weighted by atomic mass is 16.2. The number of nitrogens with one attached hydrogen (secondary N) is 1. The Kier molecular flexibility index (Phi) is 6.98. The smallest absolute Gasteiger partial charge is 0.225 e. The molecule has 1 aromatic carbocycles. The van der Waals surface area contributed by atoms with E-state index in [1.165, 1.54) is 0 Å². The molecule has 1 aliphatic rings. The van der Waals surface area contributed by atoms with Crippen molar-refractivity contribution in [3.63, 3.8) is 0 Å². The first-order valence-corrected chi connectivity index (χ1v) is 8.84. The van der Waals surface area contributed by atoms with Gasteiger partial charge in [0.05, 0.1) is 6.42 Å². The van der Waals surface area contributed by atoms with Crippen molar-refractivity contribution >= 4 is 17.7 Å². The second-order valence-corrected chi connectivity index (χ2v) is 6.62. The van der Waals surface area contributed by atoms with E-state index in [2.05, 4.69) is 5.32 Å². The molecule has 0 aliphatic carbocycles. The van der Waals surface area contributed by atoms with Crippen LogP contribution in [0.25, 0.3) is 0 Å². The number of amides is 3. The molecule has 0 radical (unpaired) electrons. The van der Waals surface area contributed by atoms with Crippen LogP contribution in [-0.2, 0) is 20.8 Å². The van der Waals surface area contributed by atoms with Gasteiger partial charge in [-0.1, -0.05) is 44.2 Å². The summed E-state index contributed by atoms with van der Waals surface area (Å²) in [4.78, 5) is 39.6. The summed E-state index contributed by atoms with van der Waals surface area (Å²) in [5, 5.41) is 2.79. The third-order valence-electron chi connectivity index (χ3n) is 4.31. The van der Waals surface area contributed by atoms with Crippen LogP contribution in [0.2, 0.25) is 0 Å². The summed E-state index contributed by atoms with van der Waals surface area (Å²) in [6.45, 7) is 6.42. The number of rotatable bonds is 6. The highest BCUT2D eigenvalue weighted by molar-refractivity contribution is 5.81. The Hall–Kier alpha value is -2.37. The second-order valence-electron chi connectivity index (χ2n) is 6.62. The van der Waals surface area contributed by atoms with Crippen LogP contribution in [0, 0.1) is 5.92 Å². The molecule has 0 spiro atoms. The number of hydrogen-bond acceptors (Lipinski definition) is 3. The van der Waals surface area contributed by atoms with Crippen LogP contribution in [0.4, 0.5) is 0 Å². The Labute approximate surface area is 149 Å². The fourth-order valence-corrected chi connectivity index (χ4v) is 2.85. The Balaban J connectivity index is 1.66. The minimum absolute atomic E-state index is 0.0120. The molecular weight excluding hydrogens is 318 g/mol. The van der Waals surface area contributed by atoms with Gasteiger partial charge in [0, 0.05) is 45.1 Å². The quantitative estimate of drug-likeness (QED) is 0.838. The van der Waals surface area contributed by atoms with Crippen molar-refractivity contribution < 1.29 is 14.4 Å². The van der Waals surface area contributed by atoms with Crippen LogP contribution >= 0.6 is 0 Å². The van der Waals surface area contributed by atoms with Crippen molar-refractivity contribution in [2.24, 2.45) is 5.92 Å². The van der Waals surface area contributed by atoms with E-state index in [4.69, 9.17) is 0 Å². The zero-order valence-corrected chi connectivity index (χ0v) is 15.0. The lowest BCUT2D eigenvalue weighted by molar-refractivity contribution is -0.141. The molecule has 25 heavy (non-hydrogen) atoms. The van der Waals surface area contributed by atoms with Crippen LogP contribution in [0.1, 0.15) is 25.8 Å². The van der Waals surface area contributed by atoms with E-state index < -0.39 is 0 Å². The van der Waals surface area contributed by atoms with E-state index in [1.807, 2.05) is 49.1 Å². The molecule has 0 atom stereocenters. The van der Waals surface area contributed by atoms with E-state index in [0.29, 0.717) is 45.6 Å². The molecule has 1 fully saturated rings. The number of benzene rings is 1. The molecule has 1 heterocycles. The standard InChI is InChI=1S/C19H27N3O3/c1-15(2)19(25)22-12-10-21(11-13-22)18(24)8-9-20-17(23)14-16-6-4-3-5-7-16/h3-7,15H,8-14H2,1-2H3,(H,20,23). The average molecular weight is 345 g/mol. The fourth-order valence-electron chi connectivity index (χ4n) is 2.85. The number of carbonyl (C=O) groups excluding carboxylic acids is 3. The van der Waals surface area contributed by atoms with Gasteiger partial charge in [-0.2, -0.15) is 0 Å². The predicted molar refractivity (Wildman–Crippen MR) is 95.8 cm³/mol. The maximum Gasteiger partial charge on any atom is 0.225 e. The topological polar surface area (TPSA) is 69.7 Å². The molecule has 1 aromatic rings. The molecule has 1 N–H and O–H groups in total. The predicted octanol–water partition coefficient (Wildman–Crippen LogP) is 1.06. The maximum absolute atomic E-state index is 12.2. The van der Waals surface area contributed by atoms with Crippen molar-refractivity contribution in [1.29, 1.82) is 0 Å².